The molecule has 0 fully saturated rings. The molecule has 322 valence electrons. The molecule has 55 heavy (non-hydrogen) atoms. The van der Waals surface area contributed by atoms with Crippen molar-refractivity contribution in [2.45, 2.75) is 206 Å². The molecule has 0 aromatic carbocycles. The maximum atomic E-state index is 13.1. The van der Waals surface area contributed by atoms with Gasteiger partial charge in [-0.25, -0.2) is 0 Å². The Kier molecular flexibility index (Phi) is 41.2. The number of aliphatic hydroxyl groups is 1. The number of rotatable bonds is 42. The number of unbranched alkanes of at least 4 members (excludes halogenated alkanes) is 22. The van der Waals surface area contributed by atoms with Crippen molar-refractivity contribution in [1.29, 1.82) is 0 Å². The van der Waals surface area contributed by atoms with Gasteiger partial charge in [-0.3, -0.25) is 14.4 Å². The number of hydrogen-bond donors (Lipinski definition) is 2. The first-order chi connectivity index (χ1) is 26.9. The van der Waals surface area contributed by atoms with Gasteiger partial charge in [0.25, 0.3) is 0 Å². The fourth-order valence-electron chi connectivity index (χ4n) is 6.74. The van der Waals surface area contributed by atoms with E-state index >= 15 is 0 Å². The first kappa shape index (κ1) is 52.8. The maximum Gasteiger partial charge on any atom is 0.305 e. The molecule has 0 bridgehead atoms. The normalized spacial score (nSPS) is 12.1. The molecule has 0 rings (SSSR count). The van der Waals surface area contributed by atoms with Crippen molar-refractivity contribution in [3.05, 3.63) is 24.3 Å². The summed E-state index contributed by atoms with van der Waals surface area (Å²) in [5, 5.41) is 9.16. The van der Waals surface area contributed by atoms with Gasteiger partial charge in [0.2, 0.25) is 5.91 Å². The molecule has 0 aliphatic heterocycles. The van der Waals surface area contributed by atoms with Crippen LogP contribution in [0, 0.1) is 0 Å². The zero-order valence-electron chi connectivity index (χ0n) is 36.4. The average Bonchev–Trinajstić information content (AvgIpc) is 3.17. The summed E-state index contributed by atoms with van der Waals surface area (Å²) in [6.07, 6.45) is 42.8. The van der Waals surface area contributed by atoms with Gasteiger partial charge in [-0.1, -0.05) is 141 Å². The molecule has 8 heteroatoms. The molecule has 1 amide bonds. The zero-order valence-corrected chi connectivity index (χ0v) is 36.4. The predicted molar refractivity (Wildman–Crippen MR) is 230 cm³/mol. The Morgan fingerprint density at radius 3 is 1.24 bits per heavy atom. The minimum Gasteiger partial charge on any atom is -0.464 e. The van der Waals surface area contributed by atoms with Crippen molar-refractivity contribution in [2.24, 2.45) is 0 Å². The van der Waals surface area contributed by atoms with E-state index in [-0.39, 0.29) is 37.7 Å². The molecule has 0 heterocycles. The van der Waals surface area contributed by atoms with Crippen LogP contribution < -0.4 is 4.90 Å². The minimum atomic E-state index is -0.217. The highest BCUT2D eigenvalue weighted by molar-refractivity contribution is 5.76. The van der Waals surface area contributed by atoms with Crippen molar-refractivity contribution in [3.8, 4) is 0 Å². The van der Waals surface area contributed by atoms with E-state index in [2.05, 4.69) is 38.2 Å². The number of likely N-dealkylation sites (N-methyl/N-ethyl adjacent to an activating group) is 1. The number of nitrogens with zero attached hydrogens (tertiary/aromatic N) is 1. The fraction of sp³-hybridized carbons (Fsp3) is 0.851. The van der Waals surface area contributed by atoms with Crippen LogP contribution in [-0.2, 0) is 23.9 Å². The van der Waals surface area contributed by atoms with Crippen LogP contribution >= 0.6 is 0 Å². The molecule has 0 aromatic rings. The number of allylic oxidation sites excluding steroid dienone is 4. The largest absolute Gasteiger partial charge is 0.464 e. The smallest absolute Gasteiger partial charge is 0.305 e. The molecule has 2 N–H and O–H groups in total. The first-order valence-electron chi connectivity index (χ1n) is 23.3. The van der Waals surface area contributed by atoms with Gasteiger partial charge in [-0.2, -0.15) is 0 Å². The number of carbonyl (C=O) groups is 3. The second-order valence-electron chi connectivity index (χ2n) is 15.8. The summed E-state index contributed by atoms with van der Waals surface area (Å²) in [6.45, 7) is 6.96. The zero-order chi connectivity index (χ0) is 40.3. The van der Waals surface area contributed by atoms with Crippen LogP contribution in [0.15, 0.2) is 24.3 Å². The van der Waals surface area contributed by atoms with E-state index in [1.54, 1.807) is 4.90 Å². The molecule has 8 nitrogen and oxygen atoms in total. The summed E-state index contributed by atoms with van der Waals surface area (Å²) in [4.78, 5) is 40.7. The van der Waals surface area contributed by atoms with Gasteiger partial charge in [0.1, 0.15) is 19.8 Å². The second kappa shape index (κ2) is 42.9. The number of esters is 2. The molecule has 0 radical (unpaired) electrons. The molecule has 0 saturated carbocycles. The van der Waals surface area contributed by atoms with Crippen LogP contribution in [0.2, 0.25) is 0 Å². The third kappa shape index (κ3) is 39.8. The summed E-state index contributed by atoms with van der Waals surface area (Å²) < 4.78 is 11.0. The van der Waals surface area contributed by atoms with Crippen LogP contribution in [-0.4, -0.2) is 80.9 Å². The lowest BCUT2D eigenvalue weighted by atomic mass is 10.1. The third-order valence-electron chi connectivity index (χ3n) is 10.4. The van der Waals surface area contributed by atoms with Gasteiger partial charge < -0.3 is 24.4 Å². The number of aliphatic hydroxyl groups excluding tert-OH is 1. The van der Waals surface area contributed by atoms with E-state index in [9.17, 15) is 14.4 Å². The quantitative estimate of drug-likeness (QED) is 0.0364. The van der Waals surface area contributed by atoms with Crippen molar-refractivity contribution in [3.63, 3.8) is 0 Å². The number of quaternary nitrogens is 1. The highest BCUT2D eigenvalue weighted by Crippen LogP contribution is 2.12. The van der Waals surface area contributed by atoms with Gasteiger partial charge >= 0.3 is 11.9 Å². The van der Waals surface area contributed by atoms with Crippen molar-refractivity contribution < 1.29 is 33.9 Å². The van der Waals surface area contributed by atoms with Crippen molar-refractivity contribution in [1.82, 2.24) is 4.90 Å². The Morgan fingerprint density at radius 1 is 0.491 bits per heavy atom. The van der Waals surface area contributed by atoms with E-state index in [1.807, 2.05) is 7.05 Å². The van der Waals surface area contributed by atoms with Gasteiger partial charge in [0, 0.05) is 25.7 Å². The topological polar surface area (TPSA) is 97.6 Å². The van der Waals surface area contributed by atoms with E-state index in [0.717, 1.165) is 57.9 Å². The lowest BCUT2D eigenvalue weighted by Crippen LogP contribution is -3.09. The van der Waals surface area contributed by atoms with Gasteiger partial charge in [0.15, 0.2) is 0 Å². The number of amides is 1. The number of hydrogen-bond acceptors (Lipinski definition) is 6. The Balaban J connectivity index is 4.18. The van der Waals surface area contributed by atoms with Crippen LogP contribution in [0.25, 0.3) is 0 Å². The summed E-state index contributed by atoms with van der Waals surface area (Å²) in [6, 6.07) is 0. The molecule has 0 aliphatic carbocycles. The van der Waals surface area contributed by atoms with Gasteiger partial charge in [-0.15, -0.1) is 0 Å². The first-order valence-corrected chi connectivity index (χ1v) is 23.3. The standard InChI is InChI=1S/C47H88N2O6/c1-4-6-8-10-12-14-16-18-20-22-24-26-28-30-32-36-46(52)54-43-40-49(45(51)35-34-38-48(3)39-42-50)41-44-55-47(53)37-33-31-29-27-25-23-21-19-17-15-13-11-9-7-5-2/h18-21,50H,4-17,22-44H2,1-3H3/p+1/b20-18-,21-19-. The molecule has 0 spiro atoms. The van der Waals surface area contributed by atoms with Crippen LogP contribution in [0.5, 0.6) is 0 Å². The summed E-state index contributed by atoms with van der Waals surface area (Å²) >= 11 is 0. The monoisotopic (exact) mass is 778 g/mol. The Bertz CT molecular complexity index is 865. The lowest BCUT2D eigenvalue weighted by molar-refractivity contribution is -0.880. The van der Waals surface area contributed by atoms with E-state index in [0.29, 0.717) is 45.3 Å². The van der Waals surface area contributed by atoms with Crippen LogP contribution in [0.1, 0.15) is 206 Å². The van der Waals surface area contributed by atoms with Crippen LogP contribution in [0.4, 0.5) is 0 Å². The van der Waals surface area contributed by atoms with Crippen molar-refractivity contribution >= 4 is 17.8 Å². The summed E-state index contributed by atoms with van der Waals surface area (Å²) in [5.74, 6) is -0.463. The average molecular weight is 778 g/mol. The van der Waals surface area contributed by atoms with E-state index < -0.39 is 0 Å². The summed E-state index contributed by atoms with van der Waals surface area (Å²) in [5.41, 5.74) is 0. The highest BCUT2D eigenvalue weighted by atomic mass is 16.5. The third-order valence-corrected chi connectivity index (χ3v) is 10.4. The minimum absolute atomic E-state index is 0.0293. The van der Waals surface area contributed by atoms with Gasteiger partial charge in [0.05, 0.1) is 33.3 Å². The number of ether oxygens (including phenoxy) is 2. The predicted octanol–water partition coefficient (Wildman–Crippen LogP) is 10.3. The molecule has 0 saturated heterocycles. The molecule has 0 aliphatic rings. The Hall–Kier alpha value is -2.19. The SMILES string of the molecule is CCCCCCCC/C=C\CCCCCCCC(=O)OCCN(CCOC(=O)CCCCCCC/C=C\CCCCCCCC)C(=O)CCC[NH+](C)CCO. The fourth-order valence-corrected chi connectivity index (χ4v) is 6.74. The maximum absolute atomic E-state index is 13.1. The Morgan fingerprint density at radius 2 is 0.855 bits per heavy atom. The van der Waals surface area contributed by atoms with E-state index in [4.69, 9.17) is 14.6 Å². The second-order valence-corrected chi connectivity index (χ2v) is 15.8. The summed E-state index contributed by atoms with van der Waals surface area (Å²) in [7, 11) is 2.00. The van der Waals surface area contributed by atoms with Gasteiger partial charge in [-0.05, 0) is 64.2 Å². The van der Waals surface area contributed by atoms with Crippen molar-refractivity contribution in [2.75, 3.05) is 53.0 Å². The molecule has 0 aromatic heterocycles. The molecule has 1 atom stereocenters. The van der Waals surface area contributed by atoms with E-state index in [1.165, 1.54) is 120 Å². The highest BCUT2D eigenvalue weighted by Gasteiger charge is 2.16. The molecular weight excluding hydrogens is 689 g/mol. The molecular formula is C47H89N2O6+. The lowest BCUT2D eigenvalue weighted by Gasteiger charge is -2.23. The molecule has 1 unspecified atom stereocenters. The van der Waals surface area contributed by atoms with Crippen LogP contribution in [0.3, 0.4) is 0 Å². The Labute approximate surface area is 339 Å². The number of nitrogens with one attached hydrogen (secondary N) is 1. The number of carbonyl (C=O) groups excluding carboxylic acids is 3.